The fraction of sp³-hybridized carbons (Fsp3) is 0.276. The van der Waals surface area contributed by atoms with Crippen LogP contribution in [0.25, 0.3) is 11.0 Å². The lowest BCUT2D eigenvalue weighted by Crippen LogP contribution is -2.39. The quantitative estimate of drug-likeness (QED) is 0.385. The van der Waals surface area contributed by atoms with E-state index in [0.717, 1.165) is 28.1 Å². The Morgan fingerprint density at radius 3 is 2.34 bits per heavy atom. The average Bonchev–Trinajstić information content (AvgIpc) is 3.40. The van der Waals surface area contributed by atoms with Crippen molar-refractivity contribution in [3.05, 3.63) is 96.3 Å². The second kappa shape index (κ2) is 9.74. The van der Waals surface area contributed by atoms with Crippen LogP contribution in [0.3, 0.4) is 0 Å². The van der Waals surface area contributed by atoms with E-state index in [1.165, 1.54) is 0 Å². The summed E-state index contributed by atoms with van der Waals surface area (Å²) in [6.07, 6.45) is 0.400. The standard InChI is InChI=1S/C29H30N4O2/c1-21(2)33(24-13-7-4-8-14-24)28(35)20-32-26-16-10-9-15-25(26)30-29(32)23-17-27(34)31(19-23)18-22-11-5-3-6-12-22/h3-16,21,23H,17-20H2,1-2H3/t23-/m1/s1. The molecule has 0 spiro atoms. The van der Waals surface area contributed by atoms with Gasteiger partial charge in [0.25, 0.3) is 0 Å². The van der Waals surface area contributed by atoms with E-state index in [4.69, 9.17) is 4.98 Å². The first-order valence-electron chi connectivity index (χ1n) is 12.1. The highest BCUT2D eigenvalue weighted by Crippen LogP contribution is 2.31. The van der Waals surface area contributed by atoms with Crippen LogP contribution in [0, 0.1) is 0 Å². The number of aromatic nitrogens is 2. The van der Waals surface area contributed by atoms with E-state index in [2.05, 4.69) is 0 Å². The normalized spacial score (nSPS) is 15.8. The maximum absolute atomic E-state index is 13.6. The summed E-state index contributed by atoms with van der Waals surface area (Å²) in [4.78, 5) is 35.2. The summed E-state index contributed by atoms with van der Waals surface area (Å²) in [6, 6.07) is 27.7. The molecule has 0 saturated carbocycles. The lowest BCUT2D eigenvalue weighted by Gasteiger charge is -2.27. The molecule has 1 aromatic heterocycles. The first-order valence-corrected chi connectivity index (χ1v) is 12.1. The highest BCUT2D eigenvalue weighted by molar-refractivity contribution is 5.94. The van der Waals surface area contributed by atoms with Crippen molar-refractivity contribution in [1.82, 2.24) is 14.5 Å². The van der Waals surface area contributed by atoms with Crippen molar-refractivity contribution in [2.75, 3.05) is 11.4 Å². The minimum Gasteiger partial charge on any atom is -0.338 e. The molecule has 35 heavy (non-hydrogen) atoms. The Bertz CT molecular complexity index is 1330. The first-order chi connectivity index (χ1) is 17.0. The van der Waals surface area contributed by atoms with Gasteiger partial charge in [-0.15, -0.1) is 0 Å². The predicted octanol–water partition coefficient (Wildman–Crippen LogP) is 4.99. The zero-order chi connectivity index (χ0) is 24.4. The number of fused-ring (bicyclic) bond motifs is 1. The smallest absolute Gasteiger partial charge is 0.247 e. The SMILES string of the molecule is CC(C)N(C(=O)Cn1c([C@@H]2CC(=O)N(Cc3ccccc3)C2)nc2ccccc21)c1ccccc1. The molecule has 0 aliphatic carbocycles. The van der Waals surface area contributed by atoms with Crippen LogP contribution in [0.15, 0.2) is 84.9 Å². The number of anilines is 1. The number of hydrogen-bond acceptors (Lipinski definition) is 3. The number of amides is 2. The van der Waals surface area contributed by atoms with Crippen LogP contribution in [-0.2, 0) is 22.7 Å². The summed E-state index contributed by atoms with van der Waals surface area (Å²) in [7, 11) is 0. The highest BCUT2D eigenvalue weighted by atomic mass is 16.2. The largest absolute Gasteiger partial charge is 0.338 e. The third-order valence-corrected chi connectivity index (χ3v) is 6.59. The number of rotatable bonds is 7. The topological polar surface area (TPSA) is 58.4 Å². The molecule has 1 aliphatic rings. The van der Waals surface area contributed by atoms with Crippen molar-refractivity contribution in [3.63, 3.8) is 0 Å². The maximum atomic E-state index is 13.6. The summed E-state index contributed by atoms with van der Waals surface area (Å²) in [6.45, 7) is 5.40. The Morgan fingerprint density at radius 2 is 1.63 bits per heavy atom. The lowest BCUT2D eigenvalue weighted by atomic mass is 10.1. The number of para-hydroxylation sites is 3. The number of carbonyl (C=O) groups excluding carboxylic acids is 2. The fourth-order valence-corrected chi connectivity index (χ4v) is 5.00. The van der Waals surface area contributed by atoms with E-state index >= 15 is 0 Å². The summed E-state index contributed by atoms with van der Waals surface area (Å²) < 4.78 is 2.01. The van der Waals surface area contributed by atoms with E-state index in [9.17, 15) is 9.59 Å². The van der Waals surface area contributed by atoms with Crippen molar-refractivity contribution >= 4 is 28.5 Å². The van der Waals surface area contributed by atoms with Gasteiger partial charge in [0.2, 0.25) is 11.8 Å². The average molecular weight is 467 g/mol. The van der Waals surface area contributed by atoms with Gasteiger partial charge >= 0.3 is 0 Å². The fourth-order valence-electron chi connectivity index (χ4n) is 5.00. The second-order valence-corrected chi connectivity index (χ2v) is 9.40. The molecule has 1 aliphatic heterocycles. The Balaban J connectivity index is 1.45. The van der Waals surface area contributed by atoms with Crippen LogP contribution in [-0.4, -0.2) is 38.9 Å². The van der Waals surface area contributed by atoms with Crippen LogP contribution in [0.2, 0.25) is 0 Å². The van der Waals surface area contributed by atoms with Gasteiger partial charge in [-0.1, -0.05) is 60.7 Å². The molecule has 1 atom stereocenters. The molecule has 2 amide bonds. The predicted molar refractivity (Wildman–Crippen MR) is 138 cm³/mol. The number of likely N-dealkylation sites (tertiary alicyclic amines) is 1. The Hall–Kier alpha value is -3.93. The number of nitrogens with zero attached hydrogens (tertiary/aromatic N) is 4. The number of benzene rings is 3. The van der Waals surface area contributed by atoms with Crippen molar-refractivity contribution in [2.24, 2.45) is 0 Å². The summed E-state index contributed by atoms with van der Waals surface area (Å²) in [5.41, 5.74) is 3.76. The molecule has 4 aromatic rings. The Morgan fingerprint density at radius 1 is 0.971 bits per heavy atom. The Labute approximate surface area is 205 Å². The molecule has 0 bridgehead atoms. The Kier molecular flexibility index (Phi) is 6.36. The molecule has 178 valence electrons. The van der Waals surface area contributed by atoms with Gasteiger partial charge < -0.3 is 14.4 Å². The molecule has 0 unspecified atom stereocenters. The molecule has 5 rings (SSSR count). The van der Waals surface area contributed by atoms with Crippen LogP contribution >= 0.6 is 0 Å². The molecule has 1 fully saturated rings. The molecule has 1 saturated heterocycles. The van der Waals surface area contributed by atoms with Gasteiger partial charge in [0.15, 0.2) is 0 Å². The minimum absolute atomic E-state index is 0.000989. The van der Waals surface area contributed by atoms with Gasteiger partial charge in [-0.3, -0.25) is 9.59 Å². The summed E-state index contributed by atoms with van der Waals surface area (Å²) >= 11 is 0. The van der Waals surface area contributed by atoms with Crippen molar-refractivity contribution in [1.29, 1.82) is 0 Å². The first kappa shape index (κ1) is 22.8. The molecule has 2 heterocycles. The zero-order valence-electron chi connectivity index (χ0n) is 20.2. The highest BCUT2D eigenvalue weighted by Gasteiger charge is 2.34. The van der Waals surface area contributed by atoms with Crippen LogP contribution < -0.4 is 4.90 Å². The molecule has 6 nitrogen and oxygen atoms in total. The van der Waals surface area contributed by atoms with Gasteiger partial charge in [-0.05, 0) is 43.7 Å². The van der Waals surface area contributed by atoms with Crippen molar-refractivity contribution < 1.29 is 9.59 Å². The van der Waals surface area contributed by atoms with Crippen LogP contribution in [0.4, 0.5) is 5.69 Å². The van der Waals surface area contributed by atoms with Gasteiger partial charge in [0.05, 0.1) is 11.0 Å². The molecule has 0 radical (unpaired) electrons. The lowest BCUT2D eigenvalue weighted by molar-refractivity contribution is -0.128. The maximum Gasteiger partial charge on any atom is 0.247 e. The van der Waals surface area contributed by atoms with Crippen LogP contribution in [0.5, 0.6) is 0 Å². The number of hydrogen-bond donors (Lipinski definition) is 0. The van der Waals surface area contributed by atoms with E-state index in [0.29, 0.717) is 19.5 Å². The molecular weight excluding hydrogens is 436 g/mol. The van der Waals surface area contributed by atoms with E-state index < -0.39 is 0 Å². The molecule has 3 aromatic carbocycles. The number of imidazole rings is 1. The monoisotopic (exact) mass is 466 g/mol. The summed E-state index contributed by atoms with van der Waals surface area (Å²) in [5.74, 6) is 0.869. The second-order valence-electron chi connectivity index (χ2n) is 9.40. The summed E-state index contributed by atoms with van der Waals surface area (Å²) in [5, 5.41) is 0. The molecule has 6 heteroatoms. The van der Waals surface area contributed by atoms with E-state index in [1.54, 1.807) is 0 Å². The van der Waals surface area contributed by atoms with E-state index in [1.807, 2.05) is 113 Å². The molecule has 0 N–H and O–H groups in total. The van der Waals surface area contributed by atoms with Gasteiger partial charge in [-0.25, -0.2) is 4.98 Å². The third-order valence-electron chi connectivity index (χ3n) is 6.59. The molecular formula is C29H30N4O2. The van der Waals surface area contributed by atoms with Gasteiger partial charge in [-0.2, -0.15) is 0 Å². The van der Waals surface area contributed by atoms with Gasteiger partial charge in [0.1, 0.15) is 12.4 Å². The minimum atomic E-state index is -0.0596. The van der Waals surface area contributed by atoms with Crippen molar-refractivity contribution in [2.45, 2.75) is 45.3 Å². The number of carbonyl (C=O) groups is 2. The third kappa shape index (κ3) is 4.69. The van der Waals surface area contributed by atoms with Gasteiger partial charge in [0, 0.05) is 37.2 Å². The van der Waals surface area contributed by atoms with Crippen molar-refractivity contribution in [3.8, 4) is 0 Å². The zero-order valence-corrected chi connectivity index (χ0v) is 20.2. The van der Waals surface area contributed by atoms with Crippen LogP contribution in [0.1, 0.15) is 37.6 Å². The van der Waals surface area contributed by atoms with E-state index in [-0.39, 0.29) is 30.3 Å².